The zero-order chi connectivity index (χ0) is 12.0. The van der Waals surface area contributed by atoms with Crippen molar-refractivity contribution in [3.8, 4) is 0 Å². The van der Waals surface area contributed by atoms with Crippen molar-refractivity contribution >= 4 is 5.97 Å². The second-order valence-corrected chi connectivity index (χ2v) is 5.20. The monoisotopic (exact) mass is 233 g/mol. The average Bonchev–Trinajstić information content (AvgIpc) is 2.57. The van der Waals surface area contributed by atoms with Crippen LogP contribution in [0.15, 0.2) is 18.5 Å². The number of carbonyl (C=O) groups excluding carboxylic acids is 1. The molecule has 2 heterocycles. The zero-order valence-corrected chi connectivity index (χ0v) is 9.81. The van der Waals surface area contributed by atoms with Gasteiger partial charge in [-0.15, -0.1) is 0 Å². The van der Waals surface area contributed by atoms with Crippen LogP contribution in [0.4, 0.5) is 0 Å². The van der Waals surface area contributed by atoms with E-state index < -0.39 is 5.60 Å². The van der Waals surface area contributed by atoms with Crippen molar-refractivity contribution in [1.82, 2.24) is 0 Å². The van der Waals surface area contributed by atoms with E-state index in [1.54, 1.807) is 6.07 Å². The number of esters is 1. The number of pyridine rings is 1. The van der Waals surface area contributed by atoms with Crippen LogP contribution in [0.3, 0.4) is 0 Å². The fourth-order valence-electron chi connectivity index (χ4n) is 2.91. The van der Waals surface area contributed by atoms with Gasteiger partial charge < -0.3 is 9.94 Å². The lowest BCUT2D eigenvalue weighted by molar-refractivity contribution is -0.606. The van der Waals surface area contributed by atoms with E-state index in [1.807, 2.05) is 0 Å². The quantitative estimate of drug-likeness (QED) is 0.390. The molecule has 1 fully saturated rings. The summed E-state index contributed by atoms with van der Waals surface area (Å²) in [5, 5.41) is 11.4. The van der Waals surface area contributed by atoms with Gasteiger partial charge in [-0.05, 0) is 31.6 Å². The molecule has 17 heavy (non-hydrogen) atoms. The van der Waals surface area contributed by atoms with Gasteiger partial charge in [-0.1, -0.05) is 6.92 Å². The molecule has 2 aliphatic rings. The Morgan fingerprint density at radius 1 is 1.47 bits per heavy atom. The Morgan fingerprint density at radius 2 is 2.18 bits per heavy atom. The Labute approximate surface area is 99.8 Å². The molecule has 3 rings (SSSR count). The van der Waals surface area contributed by atoms with Crippen molar-refractivity contribution in [3.05, 3.63) is 34.8 Å². The number of hydrogen-bond donors (Lipinski definition) is 0. The lowest BCUT2D eigenvalue weighted by Crippen LogP contribution is -2.34. The highest BCUT2D eigenvalue weighted by atomic mass is 16.6. The number of rotatable bonds is 0. The van der Waals surface area contributed by atoms with E-state index in [9.17, 15) is 10.0 Å². The largest absolute Gasteiger partial charge is 0.619 e. The third-order valence-corrected chi connectivity index (χ3v) is 4.02. The van der Waals surface area contributed by atoms with Crippen LogP contribution in [-0.2, 0) is 10.3 Å². The Balaban J connectivity index is 2.05. The minimum Gasteiger partial charge on any atom is -0.619 e. The minimum atomic E-state index is -0.521. The molecule has 0 radical (unpaired) electrons. The first-order valence-corrected chi connectivity index (χ1v) is 6.07. The summed E-state index contributed by atoms with van der Waals surface area (Å²) >= 11 is 0. The van der Waals surface area contributed by atoms with Gasteiger partial charge in [0.1, 0.15) is 5.60 Å². The molecule has 4 heteroatoms. The zero-order valence-electron chi connectivity index (χ0n) is 9.81. The molecule has 0 aromatic carbocycles. The maximum Gasteiger partial charge on any atom is 0.339 e. The number of fused-ring (bicyclic) bond motifs is 2. The summed E-state index contributed by atoms with van der Waals surface area (Å²) in [4.78, 5) is 11.8. The molecule has 1 spiro atoms. The SMILES string of the molecule is CC1CCC2(CC1)OC(=O)c1cc[n+]([O-])cc12. The Bertz CT molecular complexity index is 476. The van der Waals surface area contributed by atoms with Crippen molar-refractivity contribution in [1.29, 1.82) is 0 Å². The summed E-state index contributed by atoms with van der Waals surface area (Å²) in [6, 6.07) is 1.57. The smallest absolute Gasteiger partial charge is 0.339 e. The van der Waals surface area contributed by atoms with Gasteiger partial charge in [-0.3, -0.25) is 0 Å². The molecule has 90 valence electrons. The van der Waals surface area contributed by atoms with Crippen LogP contribution >= 0.6 is 0 Å². The molecule has 0 N–H and O–H groups in total. The number of ether oxygens (including phenoxy) is 1. The number of carbonyl (C=O) groups is 1. The molecule has 0 unspecified atom stereocenters. The van der Waals surface area contributed by atoms with E-state index in [0.717, 1.165) is 36.0 Å². The van der Waals surface area contributed by atoms with E-state index in [-0.39, 0.29) is 5.97 Å². The predicted octanol–water partition coefficient (Wildman–Crippen LogP) is 1.90. The van der Waals surface area contributed by atoms with Gasteiger partial charge in [0, 0.05) is 6.07 Å². The predicted molar refractivity (Wildman–Crippen MR) is 60.1 cm³/mol. The van der Waals surface area contributed by atoms with Gasteiger partial charge in [-0.25, -0.2) is 4.79 Å². The van der Waals surface area contributed by atoms with E-state index in [2.05, 4.69) is 6.92 Å². The third-order valence-electron chi connectivity index (χ3n) is 4.02. The molecule has 1 aromatic rings. The number of aromatic nitrogens is 1. The normalized spacial score (nSPS) is 31.4. The third kappa shape index (κ3) is 1.51. The Morgan fingerprint density at radius 3 is 2.88 bits per heavy atom. The van der Waals surface area contributed by atoms with E-state index in [1.165, 1.54) is 12.4 Å². The molecule has 1 saturated carbocycles. The fourth-order valence-corrected chi connectivity index (χ4v) is 2.91. The van der Waals surface area contributed by atoms with Crippen LogP contribution in [0, 0.1) is 11.1 Å². The highest BCUT2D eigenvalue weighted by molar-refractivity contribution is 5.94. The molecular weight excluding hydrogens is 218 g/mol. The summed E-state index contributed by atoms with van der Waals surface area (Å²) in [5.41, 5.74) is 0.824. The lowest BCUT2D eigenvalue weighted by Gasteiger charge is -2.34. The number of nitrogens with zero attached hydrogens (tertiary/aromatic N) is 1. The van der Waals surface area contributed by atoms with Crippen molar-refractivity contribution in [2.75, 3.05) is 0 Å². The fraction of sp³-hybridized carbons (Fsp3) is 0.538. The van der Waals surface area contributed by atoms with Crippen LogP contribution < -0.4 is 4.73 Å². The first kappa shape index (κ1) is 10.6. The van der Waals surface area contributed by atoms with Crippen LogP contribution in [0.2, 0.25) is 0 Å². The van der Waals surface area contributed by atoms with Crippen LogP contribution in [0.1, 0.15) is 48.5 Å². The summed E-state index contributed by atoms with van der Waals surface area (Å²) in [7, 11) is 0. The molecule has 4 nitrogen and oxygen atoms in total. The van der Waals surface area contributed by atoms with Gasteiger partial charge >= 0.3 is 5.97 Å². The molecule has 1 aliphatic carbocycles. The second-order valence-electron chi connectivity index (χ2n) is 5.20. The first-order chi connectivity index (χ1) is 8.11. The van der Waals surface area contributed by atoms with Gasteiger partial charge in [-0.2, -0.15) is 4.73 Å². The lowest BCUT2D eigenvalue weighted by atomic mass is 9.76. The molecule has 0 amide bonds. The summed E-state index contributed by atoms with van der Waals surface area (Å²) in [6.45, 7) is 2.21. The van der Waals surface area contributed by atoms with Crippen LogP contribution in [0.25, 0.3) is 0 Å². The highest BCUT2D eigenvalue weighted by Gasteiger charge is 2.48. The molecule has 0 atom stereocenters. The van der Waals surface area contributed by atoms with Crippen LogP contribution in [0.5, 0.6) is 0 Å². The average molecular weight is 233 g/mol. The highest BCUT2D eigenvalue weighted by Crippen LogP contribution is 2.47. The second kappa shape index (κ2) is 3.45. The van der Waals surface area contributed by atoms with E-state index in [4.69, 9.17) is 4.74 Å². The van der Waals surface area contributed by atoms with Crippen molar-refractivity contribution in [2.45, 2.75) is 38.2 Å². The van der Waals surface area contributed by atoms with Crippen LogP contribution in [-0.4, -0.2) is 5.97 Å². The standard InChI is InChI=1S/C13H15NO3/c1-9-2-5-13(6-3-9)11-8-14(16)7-4-10(11)12(15)17-13/h4,7-9H,2-3,5-6H2,1H3. The van der Waals surface area contributed by atoms with Crippen molar-refractivity contribution in [3.63, 3.8) is 0 Å². The molecule has 0 bridgehead atoms. The maximum atomic E-state index is 11.8. The minimum absolute atomic E-state index is 0.282. The molecule has 1 aromatic heterocycles. The summed E-state index contributed by atoms with van der Waals surface area (Å²) in [5.74, 6) is 0.390. The summed E-state index contributed by atoms with van der Waals surface area (Å²) < 4.78 is 6.32. The van der Waals surface area contributed by atoms with E-state index in [0.29, 0.717) is 11.5 Å². The number of hydrogen-bond acceptors (Lipinski definition) is 3. The Hall–Kier alpha value is -1.58. The maximum absolute atomic E-state index is 11.8. The van der Waals surface area contributed by atoms with Crippen molar-refractivity contribution < 1.29 is 14.3 Å². The summed E-state index contributed by atoms with van der Waals surface area (Å²) in [6.07, 6.45) is 6.59. The molecular formula is C13H15NO3. The van der Waals surface area contributed by atoms with Crippen molar-refractivity contribution in [2.24, 2.45) is 5.92 Å². The molecule has 1 aliphatic heterocycles. The van der Waals surface area contributed by atoms with E-state index >= 15 is 0 Å². The molecule has 0 saturated heterocycles. The van der Waals surface area contributed by atoms with Gasteiger partial charge in [0.05, 0.1) is 11.1 Å². The topological polar surface area (TPSA) is 53.2 Å². The Kier molecular flexibility index (Phi) is 2.15. The van der Waals surface area contributed by atoms with Gasteiger partial charge in [0.15, 0.2) is 12.4 Å². The van der Waals surface area contributed by atoms with Gasteiger partial charge in [0.25, 0.3) is 0 Å². The van der Waals surface area contributed by atoms with Gasteiger partial charge in [0.2, 0.25) is 0 Å². The first-order valence-electron chi connectivity index (χ1n) is 6.07.